The topological polar surface area (TPSA) is 79.6 Å². The molecule has 7 nitrogen and oxygen atoms in total. The number of nitrogens with zero attached hydrogens (tertiary/aromatic N) is 3. The minimum Gasteiger partial charge on any atom is -0.508 e. The van der Waals surface area contributed by atoms with Gasteiger partial charge in [-0.3, -0.25) is 9.78 Å². The number of aromatic hydroxyl groups is 1. The van der Waals surface area contributed by atoms with E-state index in [0.717, 1.165) is 17.1 Å². The zero-order valence-corrected chi connectivity index (χ0v) is 17.2. The first-order valence-corrected chi connectivity index (χ1v) is 10.1. The summed E-state index contributed by atoms with van der Waals surface area (Å²) in [5, 5.41) is 13.4. The number of hydrogen-bond acceptors (Lipinski definition) is 5. The van der Waals surface area contributed by atoms with Gasteiger partial charge in [0.25, 0.3) is 0 Å². The lowest BCUT2D eigenvalue weighted by atomic mass is 10.0. The zero-order valence-electron chi connectivity index (χ0n) is 16.4. The Morgan fingerprint density at radius 2 is 2.00 bits per heavy atom. The van der Waals surface area contributed by atoms with Gasteiger partial charge in [0.2, 0.25) is 0 Å². The lowest BCUT2D eigenvalue weighted by Crippen LogP contribution is -2.36. The van der Waals surface area contributed by atoms with E-state index in [1.807, 2.05) is 58.1 Å². The van der Waals surface area contributed by atoms with Gasteiger partial charge in [-0.15, -0.1) is 0 Å². The summed E-state index contributed by atoms with van der Waals surface area (Å²) in [4.78, 5) is 18.7. The molecule has 30 heavy (non-hydrogen) atoms. The second kappa shape index (κ2) is 8.54. The van der Waals surface area contributed by atoms with E-state index in [1.54, 1.807) is 25.3 Å². The highest BCUT2D eigenvalue weighted by atomic mass is 32.1. The first kappa shape index (κ1) is 19.9. The molecular formula is C22H22N4O3S. The number of carbonyl (C=O) groups is 1. The molecule has 1 fully saturated rings. The zero-order chi connectivity index (χ0) is 21.1. The van der Waals surface area contributed by atoms with E-state index in [4.69, 9.17) is 17.0 Å². The summed E-state index contributed by atoms with van der Waals surface area (Å²) < 4.78 is 7.19. The number of phenolic OH excluding ortho intramolecular Hbond substituents is 1. The predicted molar refractivity (Wildman–Crippen MR) is 116 cm³/mol. The van der Waals surface area contributed by atoms with Crippen LogP contribution >= 0.6 is 12.2 Å². The number of esters is 1. The maximum Gasteiger partial charge on any atom is 0.325 e. The standard InChI is InChI=1S/C22H22N4O3S/c1-2-29-19(28)14-26-21(20(24-22(26)30)17-6-3-4-12-23-17)18-7-5-13-25(18)15-8-10-16(27)11-9-15/h3-13,20-21,27H,2,14H2,1H3,(H,24,30). The summed E-state index contributed by atoms with van der Waals surface area (Å²) in [7, 11) is 0. The number of thiocarbonyl (C=S) groups is 1. The molecule has 0 radical (unpaired) electrons. The Hall–Kier alpha value is -3.39. The van der Waals surface area contributed by atoms with Crippen molar-refractivity contribution in [2.24, 2.45) is 0 Å². The molecule has 2 unspecified atom stereocenters. The molecule has 3 heterocycles. The number of pyridine rings is 1. The fraction of sp³-hybridized carbons (Fsp3) is 0.227. The molecule has 154 valence electrons. The molecule has 0 saturated carbocycles. The van der Waals surface area contributed by atoms with Crippen LogP contribution in [0, 0.1) is 0 Å². The molecule has 2 atom stereocenters. The van der Waals surface area contributed by atoms with E-state index in [0.29, 0.717) is 11.7 Å². The maximum absolute atomic E-state index is 12.3. The smallest absolute Gasteiger partial charge is 0.325 e. The van der Waals surface area contributed by atoms with Crippen LogP contribution in [0.4, 0.5) is 0 Å². The van der Waals surface area contributed by atoms with Crippen LogP contribution in [-0.2, 0) is 9.53 Å². The van der Waals surface area contributed by atoms with Crippen molar-refractivity contribution >= 4 is 23.3 Å². The number of aromatic nitrogens is 2. The quantitative estimate of drug-likeness (QED) is 0.467. The second-order valence-corrected chi connectivity index (χ2v) is 7.27. The number of benzene rings is 1. The average molecular weight is 423 g/mol. The van der Waals surface area contributed by atoms with E-state index in [-0.39, 0.29) is 30.3 Å². The fourth-order valence-electron chi connectivity index (χ4n) is 3.73. The molecule has 3 aromatic rings. The van der Waals surface area contributed by atoms with Gasteiger partial charge in [0.15, 0.2) is 5.11 Å². The number of carbonyl (C=O) groups excluding carboxylic acids is 1. The molecule has 2 N–H and O–H groups in total. The number of phenols is 1. The van der Waals surface area contributed by atoms with Gasteiger partial charge in [-0.25, -0.2) is 0 Å². The minimum atomic E-state index is -0.337. The van der Waals surface area contributed by atoms with Gasteiger partial charge in [-0.2, -0.15) is 0 Å². The minimum absolute atomic E-state index is 0.0361. The van der Waals surface area contributed by atoms with Crippen LogP contribution in [0.5, 0.6) is 5.75 Å². The van der Waals surface area contributed by atoms with Gasteiger partial charge in [0, 0.05) is 23.8 Å². The maximum atomic E-state index is 12.3. The van der Waals surface area contributed by atoms with Crippen LogP contribution in [0.1, 0.15) is 30.4 Å². The normalized spacial score (nSPS) is 18.3. The molecule has 0 bridgehead atoms. The highest BCUT2D eigenvalue weighted by Gasteiger charge is 2.42. The van der Waals surface area contributed by atoms with Crippen LogP contribution in [0.25, 0.3) is 5.69 Å². The van der Waals surface area contributed by atoms with Crippen molar-refractivity contribution in [3.05, 3.63) is 78.4 Å². The van der Waals surface area contributed by atoms with Gasteiger partial charge in [0.1, 0.15) is 12.3 Å². The molecule has 1 aromatic carbocycles. The Balaban J connectivity index is 1.77. The van der Waals surface area contributed by atoms with E-state index < -0.39 is 0 Å². The molecule has 4 rings (SSSR count). The van der Waals surface area contributed by atoms with Crippen molar-refractivity contribution in [3.63, 3.8) is 0 Å². The second-order valence-electron chi connectivity index (χ2n) is 6.88. The van der Waals surface area contributed by atoms with Crippen molar-refractivity contribution in [3.8, 4) is 11.4 Å². The molecule has 1 aliphatic rings. The predicted octanol–water partition coefficient (Wildman–Crippen LogP) is 3.11. The Morgan fingerprint density at radius 3 is 2.70 bits per heavy atom. The summed E-state index contributed by atoms with van der Waals surface area (Å²) in [6, 6.07) is 16.1. The summed E-state index contributed by atoms with van der Waals surface area (Å²) in [6.07, 6.45) is 3.69. The fourth-order valence-corrected chi connectivity index (χ4v) is 4.03. The Labute approximate surface area is 179 Å². The lowest BCUT2D eigenvalue weighted by Gasteiger charge is -2.28. The van der Waals surface area contributed by atoms with E-state index in [1.165, 1.54) is 0 Å². The van der Waals surface area contributed by atoms with Crippen LogP contribution in [0.15, 0.2) is 67.0 Å². The molecular weight excluding hydrogens is 400 g/mol. The molecule has 1 saturated heterocycles. The Bertz CT molecular complexity index is 1040. The van der Waals surface area contributed by atoms with Gasteiger partial charge in [-0.1, -0.05) is 6.07 Å². The SMILES string of the molecule is CCOC(=O)CN1C(=S)NC(c2ccccn2)C1c1cccn1-c1ccc(O)cc1. The van der Waals surface area contributed by atoms with Crippen molar-refractivity contribution < 1.29 is 14.6 Å². The average Bonchev–Trinajstić information content (AvgIpc) is 3.34. The number of ether oxygens (including phenoxy) is 1. The first-order valence-electron chi connectivity index (χ1n) is 9.69. The van der Waals surface area contributed by atoms with E-state index in [2.05, 4.69) is 10.3 Å². The van der Waals surface area contributed by atoms with Crippen LogP contribution in [0.2, 0.25) is 0 Å². The van der Waals surface area contributed by atoms with Gasteiger partial charge in [-0.05, 0) is 67.7 Å². The summed E-state index contributed by atoms with van der Waals surface area (Å²) in [5.74, 6) is -0.137. The van der Waals surface area contributed by atoms with Crippen LogP contribution in [0.3, 0.4) is 0 Å². The molecule has 1 aliphatic heterocycles. The van der Waals surface area contributed by atoms with Crippen molar-refractivity contribution in [1.82, 2.24) is 19.8 Å². The third-order valence-corrected chi connectivity index (χ3v) is 5.37. The van der Waals surface area contributed by atoms with Crippen molar-refractivity contribution in [2.75, 3.05) is 13.2 Å². The molecule has 0 amide bonds. The summed E-state index contributed by atoms with van der Waals surface area (Å²) in [6.45, 7) is 2.13. The highest BCUT2D eigenvalue weighted by Crippen LogP contribution is 2.39. The highest BCUT2D eigenvalue weighted by molar-refractivity contribution is 7.80. The summed E-state index contributed by atoms with van der Waals surface area (Å²) in [5.41, 5.74) is 2.66. The molecule has 2 aromatic heterocycles. The van der Waals surface area contributed by atoms with Crippen LogP contribution < -0.4 is 5.32 Å². The molecule has 0 spiro atoms. The molecule has 0 aliphatic carbocycles. The number of rotatable bonds is 6. The molecule has 8 heteroatoms. The van der Waals surface area contributed by atoms with Gasteiger partial charge < -0.3 is 24.6 Å². The lowest BCUT2D eigenvalue weighted by molar-refractivity contribution is -0.143. The number of hydrogen-bond donors (Lipinski definition) is 2. The van der Waals surface area contributed by atoms with E-state index in [9.17, 15) is 9.90 Å². The van der Waals surface area contributed by atoms with Crippen molar-refractivity contribution in [2.45, 2.75) is 19.0 Å². The third-order valence-electron chi connectivity index (χ3n) is 5.01. The van der Waals surface area contributed by atoms with Crippen LogP contribution in [-0.4, -0.2) is 43.8 Å². The monoisotopic (exact) mass is 422 g/mol. The summed E-state index contributed by atoms with van der Waals surface area (Å²) >= 11 is 5.59. The van der Waals surface area contributed by atoms with Gasteiger partial charge >= 0.3 is 5.97 Å². The third kappa shape index (κ3) is 3.86. The largest absolute Gasteiger partial charge is 0.508 e. The number of nitrogens with one attached hydrogen (secondary N) is 1. The van der Waals surface area contributed by atoms with Gasteiger partial charge in [0.05, 0.1) is 24.4 Å². The Morgan fingerprint density at radius 1 is 1.20 bits per heavy atom. The Kier molecular flexibility index (Phi) is 5.67. The van der Waals surface area contributed by atoms with E-state index >= 15 is 0 Å². The van der Waals surface area contributed by atoms with Crippen molar-refractivity contribution in [1.29, 1.82) is 0 Å². The first-order chi connectivity index (χ1) is 14.6.